The van der Waals surface area contributed by atoms with Crippen LogP contribution in [0.15, 0.2) is 23.8 Å². The van der Waals surface area contributed by atoms with E-state index < -0.39 is 0 Å². The van der Waals surface area contributed by atoms with Crippen molar-refractivity contribution in [2.45, 2.75) is 105 Å². The van der Waals surface area contributed by atoms with Gasteiger partial charge in [-0.2, -0.15) is 0 Å². The van der Waals surface area contributed by atoms with Gasteiger partial charge in [-0.3, -0.25) is 0 Å². The van der Waals surface area contributed by atoms with Gasteiger partial charge >= 0.3 is 0 Å². The van der Waals surface area contributed by atoms with Gasteiger partial charge in [-0.1, -0.05) is 58.4 Å². The summed E-state index contributed by atoms with van der Waals surface area (Å²) in [6.45, 7) is 16.7. The van der Waals surface area contributed by atoms with E-state index in [0.29, 0.717) is 22.7 Å². The van der Waals surface area contributed by atoms with Crippen LogP contribution in [0, 0.1) is 46.3 Å². The van der Waals surface area contributed by atoms with E-state index in [1.165, 1.54) is 56.9 Å². The molecule has 0 aromatic heterocycles. The van der Waals surface area contributed by atoms with Gasteiger partial charge in [0.1, 0.15) is 0 Å². The highest BCUT2D eigenvalue weighted by molar-refractivity contribution is 5.27. The number of allylic oxidation sites excluding steroid dienone is 3. The Bertz CT molecular complexity index is 659. The summed E-state index contributed by atoms with van der Waals surface area (Å²) >= 11 is 0. The van der Waals surface area contributed by atoms with Crippen LogP contribution in [0.2, 0.25) is 0 Å². The molecule has 0 radical (unpaired) electrons. The molecule has 164 valence electrons. The van der Waals surface area contributed by atoms with Crippen LogP contribution in [0.25, 0.3) is 0 Å². The predicted molar refractivity (Wildman–Crippen MR) is 124 cm³/mol. The number of fused-ring (bicyclic) bond motifs is 5. The molecule has 0 aromatic carbocycles. The smallest absolute Gasteiger partial charge is 0.0543 e. The quantitative estimate of drug-likeness (QED) is 0.474. The monoisotopic (exact) mass is 398 g/mol. The first-order chi connectivity index (χ1) is 13.7. The van der Waals surface area contributed by atoms with Crippen LogP contribution in [0.4, 0.5) is 0 Å². The van der Waals surface area contributed by atoms with Crippen LogP contribution >= 0.6 is 0 Å². The van der Waals surface area contributed by atoms with Crippen molar-refractivity contribution in [3.8, 4) is 0 Å². The summed E-state index contributed by atoms with van der Waals surface area (Å²) in [5.41, 5.74) is 4.26. The minimum Gasteiger partial charge on any atom is -0.393 e. The molecule has 3 fully saturated rings. The Morgan fingerprint density at radius 2 is 1.76 bits per heavy atom. The summed E-state index contributed by atoms with van der Waals surface area (Å²) in [5, 5.41) is 10.2. The van der Waals surface area contributed by atoms with Gasteiger partial charge < -0.3 is 5.11 Å². The highest BCUT2D eigenvalue weighted by atomic mass is 16.3. The van der Waals surface area contributed by atoms with Crippen molar-refractivity contribution in [3.63, 3.8) is 0 Å². The Morgan fingerprint density at radius 3 is 2.48 bits per heavy atom. The molecular weight excluding hydrogens is 352 g/mol. The molecule has 1 unspecified atom stereocenters. The molecule has 0 bridgehead atoms. The molecular formula is C28H46O. The first-order valence-electron chi connectivity index (χ1n) is 12.7. The Hall–Kier alpha value is -0.560. The van der Waals surface area contributed by atoms with Gasteiger partial charge in [-0.25, -0.2) is 0 Å². The van der Waals surface area contributed by atoms with Gasteiger partial charge in [-0.15, -0.1) is 0 Å². The third-order valence-corrected chi connectivity index (χ3v) is 10.5. The number of aliphatic hydroxyl groups is 1. The predicted octanol–water partition coefficient (Wildman–Crippen LogP) is 7.55. The third kappa shape index (κ3) is 3.58. The van der Waals surface area contributed by atoms with E-state index in [1.807, 2.05) is 5.57 Å². The Kier molecular flexibility index (Phi) is 5.86. The fourth-order valence-electron chi connectivity index (χ4n) is 8.37. The lowest BCUT2D eigenvalue weighted by Crippen LogP contribution is -2.49. The summed E-state index contributed by atoms with van der Waals surface area (Å²) < 4.78 is 0. The zero-order valence-corrected chi connectivity index (χ0v) is 19.8. The van der Waals surface area contributed by atoms with E-state index in [4.69, 9.17) is 0 Å². The van der Waals surface area contributed by atoms with Crippen molar-refractivity contribution in [2.75, 3.05) is 0 Å². The molecule has 1 heteroatoms. The van der Waals surface area contributed by atoms with Crippen LogP contribution in [-0.4, -0.2) is 11.2 Å². The standard InChI is InChI=1S/C28H46O/c1-18(2)19(3)7-8-20(4)24-11-12-25-23-10-9-21-17-22(29)13-15-27(21,5)26(23)14-16-28(24,25)6/h10,18,20-22,24-26,29H,3,7-9,11-17H2,1-2,4-6H3/t20-,21+,22?,24-,25+,26+,27+,28-/m1/s1. The second-order valence-corrected chi connectivity index (χ2v) is 12.2. The molecule has 0 heterocycles. The number of rotatable bonds is 5. The lowest BCUT2D eigenvalue weighted by molar-refractivity contribution is -0.0427. The van der Waals surface area contributed by atoms with Crippen LogP contribution < -0.4 is 0 Å². The van der Waals surface area contributed by atoms with E-state index in [2.05, 4.69) is 47.3 Å². The van der Waals surface area contributed by atoms with E-state index in [0.717, 1.165) is 36.5 Å². The topological polar surface area (TPSA) is 20.2 Å². The first-order valence-corrected chi connectivity index (χ1v) is 12.7. The van der Waals surface area contributed by atoms with E-state index in [1.54, 1.807) is 0 Å². The molecule has 4 aliphatic carbocycles. The summed E-state index contributed by atoms with van der Waals surface area (Å²) in [5.74, 6) is 4.65. The normalized spacial score (nSPS) is 45.2. The molecule has 3 saturated carbocycles. The lowest BCUT2D eigenvalue weighted by Gasteiger charge is -2.57. The van der Waals surface area contributed by atoms with Crippen LogP contribution in [0.1, 0.15) is 98.8 Å². The molecule has 0 aliphatic heterocycles. The lowest BCUT2D eigenvalue weighted by atomic mass is 9.47. The minimum atomic E-state index is -0.0471. The average Bonchev–Trinajstić information content (AvgIpc) is 3.03. The summed E-state index contributed by atoms with van der Waals surface area (Å²) in [7, 11) is 0. The molecule has 0 amide bonds. The maximum Gasteiger partial charge on any atom is 0.0543 e. The molecule has 1 N–H and O–H groups in total. The highest BCUT2D eigenvalue weighted by Gasteiger charge is 2.58. The highest BCUT2D eigenvalue weighted by Crippen LogP contribution is 2.66. The zero-order chi connectivity index (χ0) is 21.0. The van der Waals surface area contributed by atoms with Crippen molar-refractivity contribution in [1.29, 1.82) is 0 Å². The fraction of sp³-hybridized carbons (Fsp3) is 0.857. The minimum absolute atomic E-state index is 0.0471. The number of hydrogen-bond acceptors (Lipinski definition) is 1. The van der Waals surface area contributed by atoms with Crippen LogP contribution in [0.3, 0.4) is 0 Å². The second kappa shape index (κ2) is 7.85. The summed E-state index contributed by atoms with van der Waals surface area (Å²) in [6, 6.07) is 0. The zero-order valence-electron chi connectivity index (χ0n) is 19.8. The third-order valence-electron chi connectivity index (χ3n) is 10.5. The van der Waals surface area contributed by atoms with Crippen LogP contribution in [-0.2, 0) is 0 Å². The average molecular weight is 399 g/mol. The number of aliphatic hydroxyl groups excluding tert-OH is 1. The van der Waals surface area contributed by atoms with Crippen LogP contribution in [0.5, 0.6) is 0 Å². The first kappa shape index (κ1) is 21.7. The van der Waals surface area contributed by atoms with E-state index in [-0.39, 0.29) is 6.10 Å². The molecule has 0 spiro atoms. The van der Waals surface area contributed by atoms with Gasteiger partial charge in [-0.05, 0) is 111 Å². The van der Waals surface area contributed by atoms with Gasteiger partial charge in [0.15, 0.2) is 0 Å². The van der Waals surface area contributed by atoms with Crippen molar-refractivity contribution in [2.24, 2.45) is 46.3 Å². The van der Waals surface area contributed by atoms with Crippen molar-refractivity contribution < 1.29 is 5.11 Å². The molecule has 0 aromatic rings. The van der Waals surface area contributed by atoms with Gasteiger partial charge in [0.2, 0.25) is 0 Å². The Balaban J connectivity index is 1.50. The maximum atomic E-state index is 10.2. The molecule has 29 heavy (non-hydrogen) atoms. The number of hydrogen-bond donors (Lipinski definition) is 1. The van der Waals surface area contributed by atoms with Gasteiger partial charge in [0.25, 0.3) is 0 Å². The summed E-state index contributed by atoms with van der Waals surface area (Å²) in [6.07, 6.45) is 15.3. The molecule has 4 rings (SSSR count). The van der Waals surface area contributed by atoms with Gasteiger partial charge in [0.05, 0.1) is 6.10 Å². The van der Waals surface area contributed by atoms with E-state index >= 15 is 0 Å². The van der Waals surface area contributed by atoms with Crippen molar-refractivity contribution in [3.05, 3.63) is 23.8 Å². The van der Waals surface area contributed by atoms with Gasteiger partial charge in [0, 0.05) is 0 Å². The second-order valence-electron chi connectivity index (χ2n) is 12.2. The fourth-order valence-corrected chi connectivity index (χ4v) is 8.37. The maximum absolute atomic E-state index is 10.2. The Morgan fingerprint density at radius 1 is 1.07 bits per heavy atom. The van der Waals surface area contributed by atoms with E-state index in [9.17, 15) is 5.11 Å². The summed E-state index contributed by atoms with van der Waals surface area (Å²) in [4.78, 5) is 0. The molecule has 4 aliphatic rings. The van der Waals surface area contributed by atoms with Crippen molar-refractivity contribution >= 4 is 0 Å². The molecule has 8 atom stereocenters. The SMILES string of the molecule is C=C(CC[C@@H](C)[C@H]1CC[C@H]2C3=CC[C@H]4CC(O)CC[C@]4(C)[C@H]3CC[C@]12C)C(C)C. The Labute approximate surface area is 180 Å². The van der Waals surface area contributed by atoms with Crippen molar-refractivity contribution in [1.82, 2.24) is 0 Å². The molecule has 0 saturated heterocycles. The largest absolute Gasteiger partial charge is 0.393 e. The molecule has 1 nitrogen and oxygen atoms in total.